The number of hydrogen-bond donors (Lipinski definition) is 1. The highest BCUT2D eigenvalue weighted by atomic mass is 16.5. The molecule has 0 aliphatic carbocycles. The molecule has 8 nitrogen and oxygen atoms in total. The van der Waals surface area contributed by atoms with Crippen molar-refractivity contribution in [1.29, 1.82) is 0 Å². The van der Waals surface area contributed by atoms with Crippen LogP contribution in [-0.4, -0.2) is 71.8 Å². The second kappa shape index (κ2) is 12.9. The van der Waals surface area contributed by atoms with Crippen LogP contribution in [0.5, 0.6) is 17.2 Å². The molecule has 1 N–H and O–H groups in total. The number of nitrogens with zero attached hydrogens (tertiary/aromatic N) is 3. The van der Waals surface area contributed by atoms with Crippen LogP contribution in [0.1, 0.15) is 30.3 Å². The zero-order valence-electron chi connectivity index (χ0n) is 22.2. The van der Waals surface area contributed by atoms with E-state index in [1.165, 1.54) is 0 Å². The van der Waals surface area contributed by atoms with Crippen molar-refractivity contribution in [2.45, 2.75) is 45.4 Å². The minimum atomic E-state index is -1.10. The van der Waals surface area contributed by atoms with Gasteiger partial charge in [-0.3, -0.25) is 4.90 Å². The molecule has 3 aromatic rings. The lowest BCUT2D eigenvalue weighted by atomic mass is 10.1. The van der Waals surface area contributed by atoms with Crippen molar-refractivity contribution in [2.75, 3.05) is 46.6 Å². The Balaban J connectivity index is 1.31. The molecule has 200 valence electrons. The number of β-amino-alcohol motifs (C(OH)–C–C–N with tert-alkyl or cyclic N) is 1. The molecule has 1 saturated heterocycles. The van der Waals surface area contributed by atoms with Gasteiger partial charge in [0.05, 0.1) is 26.9 Å². The SMILES string of the molecule is CCc1nccn1CCCOc1ccc(CN2CCOC[C@@](O)(COc3cccc(C)c3)C2)cc1OC. The number of rotatable bonds is 12. The monoisotopic (exact) mass is 509 g/mol. The Morgan fingerprint density at radius 1 is 1.14 bits per heavy atom. The number of aromatic nitrogens is 2. The minimum Gasteiger partial charge on any atom is -0.493 e. The van der Waals surface area contributed by atoms with Gasteiger partial charge in [-0.05, 0) is 48.7 Å². The first-order valence-electron chi connectivity index (χ1n) is 13.0. The van der Waals surface area contributed by atoms with Crippen molar-refractivity contribution in [3.05, 3.63) is 71.8 Å². The Hall–Kier alpha value is -3.07. The van der Waals surface area contributed by atoms with Crippen molar-refractivity contribution in [2.24, 2.45) is 0 Å². The van der Waals surface area contributed by atoms with Crippen LogP contribution in [0.4, 0.5) is 0 Å². The molecule has 1 fully saturated rings. The zero-order chi connectivity index (χ0) is 26.1. The second-order valence-electron chi connectivity index (χ2n) is 9.67. The molecule has 0 unspecified atom stereocenters. The number of aliphatic hydroxyl groups is 1. The number of aryl methyl sites for hydroxylation is 3. The zero-order valence-corrected chi connectivity index (χ0v) is 22.2. The molecule has 1 aliphatic rings. The van der Waals surface area contributed by atoms with Crippen LogP contribution in [-0.2, 0) is 24.2 Å². The van der Waals surface area contributed by atoms with Crippen molar-refractivity contribution in [1.82, 2.24) is 14.5 Å². The fourth-order valence-corrected chi connectivity index (χ4v) is 4.60. The summed E-state index contributed by atoms with van der Waals surface area (Å²) in [7, 11) is 1.66. The van der Waals surface area contributed by atoms with Gasteiger partial charge in [-0.1, -0.05) is 25.1 Å². The van der Waals surface area contributed by atoms with Gasteiger partial charge < -0.3 is 28.6 Å². The fraction of sp³-hybridized carbons (Fsp3) is 0.483. The fourth-order valence-electron chi connectivity index (χ4n) is 4.60. The molecule has 4 rings (SSSR count). The summed E-state index contributed by atoms with van der Waals surface area (Å²) in [5.74, 6) is 3.28. The number of hydrogen-bond acceptors (Lipinski definition) is 7. The summed E-state index contributed by atoms with van der Waals surface area (Å²) in [4.78, 5) is 6.56. The van der Waals surface area contributed by atoms with Gasteiger partial charge in [-0.25, -0.2) is 4.98 Å². The molecular weight excluding hydrogens is 470 g/mol. The first kappa shape index (κ1) is 27.0. The van der Waals surface area contributed by atoms with Crippen LogP contribution < -0.4 is 14.2 Å². The Morgan fingerprint density at radius 2 is 2.03 bits per heavy atom. The molecule has 0 bridgehead atoms. The average Bonchev–Trinajstić information content (AvgIpc) is 3.27. The summed E-state index contributed by atoms with van der Waals surface area (Å²) < 4.78 is 25.5. The lowest BCUT2D eigenvalue weighted by molar-refractivity contribution is -0.0646. The summed E-state index contributed by atoms with van der Waals surface area (Å²) in [6.45, 7) is 8.40. The van der Waals surface area contributed by atoms with Gasteiger partial charge in [0.2, 0.25) is 0 Å². The highest BCUT2D eigenvalue weighted by Gasteiger charge is 2.33. The van der Waals surface area contributed by atoms with Crippen LogP contribution in [0.15, 0.2) is 54.9 Å². The normalized spacial score (nSPS) is 18.4. The van der Waals surface area contributed by atoms with E-state index in [4.69, 9.17) is 18.9 Å². The standard InChI is InChI=1S/C29H39N3O5/c1-4-28-30-11-13-32(28)12-6-15-36-26-10-9-24(18-27(26)34-3)19-31-14-16-35-21-29(33,20-31)22-37-25-8-5-7-23(2)17-25/h5,7-11,13,17-18,33H,4,6,12,14-16,19-22H2,1-3H3/t29-/m1/s1. The Morgan fingerprint density at radius 3 is 2.84 bits per heavy atom. The van der Waals surface area contributed by atoms with Gasteiger partial charge >= 0.3 is 0 Å². The Bertz CT molecular complexity index is 1130. The predicted octanol–water partition coefficient (Wildman–Crippen LogP) is 3.87. The molecule has 8 heteroatoms. The summed E-state index contributed by atoms with van der Waals surface area (Å²) in [6.07, 6.45) is 5.66. The van der Waals surface area contributed by atoms with Crippen molar-refractivity contribution in [3.8, 4) is 17.2 Å². The third kappa shape index (κ3) is 7.71. The van der Waals surface area contributed by atoms with Crippen molar-refractivity contribution >= 4 is 0 Å². The maximum absolute atomic E-state index is 11.3. The highest BCUT2D eigenvalue weighted by Crippen LogP contribution is 2.29. The molecule has 0 amide bonds. The number of ether oxygens (including phenoxy) is 4. The molecule has 1 atom stereocenters. The van der Waals surface area contributed by atoms with E-state index in [1.54, 1.807) is 7.11 Å². The summed E-state index contributed by atoms with van der Waals surface area (Å²) in [5, 5.41) is 11.3. The van der Waals surface area contributed by atoms with Crippen molar-refractivity contribution in [3.63, 3.8) is 0 Å². The van der Waals surface area contributed by atoms with E-state index in [2.05, 4.69) is 27.4 Å². The molecule has 0 saturated carbocycles. The van der Waals surface area contributed by atoms with Gasteiger partial charge in [0.15, 0.2) is 11.5 Å². The lowest BCUT2D eigenvalue weighted by Crippen LogP contribution is -2.48. The first-order chi connectivity index (χ1) is 18.0. The highest BCUT2D eigenvalue weighted by molar-refractivity contribution is 5.43. The quantitative estimate of drug-likeness (QED) is 0.371. The maximum atomic E-state index is 11.3. The smallest absolute Gasteiger partial charge is 0.161 e. The van der Waals surface area contributed by atoms with Crippen LogP contribution in [0, 0.1) is 6.92 Å². The average molecular weight is 510 g/mol. The molecule has 2 aromatic carbocycles. The molecule has 1 aromatic heterocycles. The van der Waals surface area contributed by atoms with Gasteiger partial charge in [-0.2, -0.15) is 0 Å². The molecule has 0 spiro atoms. The Labute approximate surface area is 219 Å². The van der Waals surface area contributed by atoms with Gasteiger partial charge in [-0.15, -0.1) is 0 Å². The third-order valence-electron chi connectivity index (χ3n) is 6.49. The largest absolute Gasteiger partial charge is 0.493 e. The predicted molar refractivity (Wildman–Crippen MR) is 142 cm³/mol. The molecule has 1 aliphatic heterocycles. The van der Waals surface area contributed by atoms with Gasteiger partial charge in [0.1, 0.15) is 23.8 Å². The van der Waals surface area contributed by atoms with Gasteiger partial charge in [0.25, 0.3) is 0 Å². The van der Waals surface area contributed by atoms with E-state index in [9.17, 15) is 5.11 Å². The van der Waals surface area contributed by atoms with Gasteiger partial charge in [0, 0.05) is 45.0 Å². The van der Waals surface area contributed by atoms with E-state index in [0.29, 0.717) is 32.1 Å². The van der Waals surface area contributed by atoms with E-state index in [1.807, 2.05) is 55.7 Å². The van der Waals surface area contributed by atoms with E-state index in [-0.39, 0.29) is 13.2 Å². The van der Waals surface area contributed by atoms with Crippen LogP contribution in [0.2, 0.25) is 0 Å². The third-order valence-corrected chi connectivity index (χ3v) is 6.49. The van der Waals surface area contributed by atoms with Crippen LogP contribution in [0.3, 0.4) is 0 Å². The first-order valence-corrected chi connectivity index (χ1v) is 13.0. The summed E-state index contributed by atoms with van der Waals surface area (Å²) >= 11 is 0. The lowest BCUT2D eigenvalue weighted by Gasteiger charge is -2.30. The van der Waals surface area contributed by atoms with Crippen LogP contribution in [0.25, 0.3) is 0 Å². The molecule has 0 radical (unpaired) electrons. The maximum Gasteiger partial charge on any atom is 0.161 e. The Kier molecular flexibility index (Phi) is 9.44. The van der Waals surface area contributed by atoms with E-state index < -0.39 is 5.60 Å². The van der Waals surface area contributed by atoms with E-state index >= 15 is 0 Å². The second-order valence-corrected chi connectivity index (χ2v) is 9.67. The number of benzene rings is 2. The molecular formula is C29H39N3O5. The van der Waals surface area contributed by atoms with E-state index in [0.717, 1.165) is 54.4 Å². The van der Waals surface area contributed by atoms with Crippen LogP contribution >= 0.6 is 0 Å². The molecule has 37 heavy (non-hydrogen) atoms. The number of imidazole rings is 1. The van der Waals surface area contributed by atoms with Crippen molar-refractivity contribution < 1.29 is 24.1 Å². The minimum absolute atomic E-state index is 0.169. The molecule has 2 heterocycles. The number of methoxy groups -OCH3 is 1. The topological polar surface area (TPSA) is 78.2 Å². The summed E-state index contributed by atoms with van der Waals surface area (Å²) in [5.41, 5.74) is 1.10. The summed E-state index contributed by atoms with van der Waals surface area (Å²) in [6, 6.07) is 13.9.